The summed E-state index contributed by atoms with van der Waals surface area (Å²) in [6, 6.07) is 2.72. The molecule has 0 aliphatic rings. The van der Waals surface area contributed by atoms with Crippen molar-refractivity contribution in [1.82, 2.24) is 4.98 Å². The molecule has 0 radical (unpaired) electrons. The minimum atomic E-state index is -0.849. The average Bonchev–Trinajstić information content (AvgIpc) is 2.29. The Morgan fingerprint density at radius 3 is 2.94 bits per heavy atom. The van der Waals surface area contributed by atoms with E-state index in [1.165, 1.54) is 18.3 Å². The molecule has 0 aliphatic carbocycles. The maximum Gasteiger partial charge on any atom is 0.274 e. The maximum atomic E-state index is 11.1. The van der Waals surface area contributed by atoms with Crippen LogP contribution in [0.5, 0.6) is 0 Å². The van der Waals surface area contributed by atoms with E-state index in [-0.39, 0.29) is 10.9 Å². The molecule has 1 N–H and O–H groups in total. The fourth-order valence-corrected chi connectivity index (χ4v) is 1.65. The van der Waals surface area contributed by atoms with E-state index in [0.717, 1.165) is 6.42 Å². The van der Waals surface area contributed by atoms with Gasteiger partial charge in [-0.2, -0.15) is 0 Å². The molecule has 2 unspecified atom stereocenters. The van der Waals surface area contributed by atoms with Crippen molar-refractivity contribution >= 4 is 22.3 Å². The Morgan fingerprint density at radius 1 is 1.65 bits per heavy atom. The number of nitrogens with one attached hydrogen (secondary N) is 1. The molecule has 0 bridgehead atoms. The molecule has 1 rings (SSSR count). The van der Waals surface area contributed by atoms with E-state index < -0.39 is 15.7 Å². The lowest BCUT2D eigenvalue weighted by Gasteiger charge is -2.09. The van der Waals surface area contributed by atoms with Crippen LogP contribution in [-0.4, -0.2) is 32.2 Å². The van der Waals surface area contributed by atoms with Crippen LogP contribution < -0.4 is 5.32 Å². The molecule has 7 heteroatoms. The van der Waals surface area contributed by atoms with E-state index in [4.69, 9.17) is 0 Å². The molecule has 0 fully saturated rings. The van der Waals surface area contributed by atoms with Crippen LogP contribution in [0.3, 0.4) is 0 Å². The van der Waals surface area contributed by atoms with E-state index in [0.29, 0.717) is 12.4 Å². The largest absolute Gasteiger partial charge is 0.370 e. The quantitative estimate of drug-likeness (QED) is 0.617. The summed E-state index contributed by atoms with van der Waals surface area (Å²) in [7, 11) is -0.849. The van der Waals surface area contributed by atoms with Crippen molar-refractivity contribution in [2.45, 2.75) is 18.6 Å². The Balaban J connectivity index is 2.49. The Kier molecular flexibility index (Phi) is 5.02. The van der Waals surface area contributed by atoms with E-state index >= 15 is 0 Å². The summed E-state index contributed by atoms with van der Waals surface area (Å²) in [4.78, 5) is 14.0. The number of aromatic nitrogens is 1. The van der Waals surface area contributed by atoms with Crippen molar-refractivity contribution < 1.29 is 9.13 Å². The first-order valence-corrected chi connectivity index (χ1v) is 6.79. The Morgan fingerprint density at radius 2 is 2.35 bits per heavy atom. The molecule has 1 heterocycles. The summed E-state index contributed by atoms with van der Waals surface area (Å²) in [5.74, 6) is 0.466. The molecular weight excluding hydrogens is 242 g/mol. The molecule has 17 heavy (non-hydrogen) atoms. The van der Waals surface area contributed by atoms with E-state index in [2.05, 4.69) is 10.3 Å². The van der Waals surface area contributed by atoms with Gasteiger partial charge in [0.15, 0.2) is 0 Å². The third-order valence-corrected chi connectivity index (χ3v) is 3.75. The molecule has 1 aromatic rings. The molecule has 2 atom stereocenters. The predicted molar refractivity (Wildman–Crippen MR) is 67.5 cm³/mol. The average molecular weight is 257 g/mol. The topological polar surface area (TPSA) is 85.1 Å². The third kappa shape index (κ3) is 4.48. The Bertz CT molecular complexity index is 425. The summed E-state index contributed by atoms with van der Waals surface area (Å²) in [6.07, 6.45) is 3.78. The molecule has 0 saturated heterocycles. The summed E-state index contributed by atoms with van der Waals surface area (Å²) >= 11 is 0. The van der Waals surface area contributed by atoms with Gasteiger partial charge in [-0.1, -0.05) is 6.92 Å². The first-order chi connectivity index (χ1) is 8.00. The normalized spacial score (nSPS) is 14.0. The molecule has 94 valence electrons. The van der Waals surface area contributed by atoms with Crippen molar-refractivity contribution in [3.63, 3.8) is 0 Å². The van der Waals surface area contributed by atoms with Gasteiger partial charge in [-0.05, 0) is 6.42 Å². The lowest BCUT2D eigenvalue weighted by atomic mass is 10.3. The van der Waals surface area contributed by atoms with E-state index in [9.17, 15) is 14.3 Å². The van der Waals surface area contributed by atoms with Crippen molar-refractivity contribution in [1.29, 1.82) is 0 Å². The van der Waals surface area contributed by atoms with Gasteiger partial charge in [0.25, 0.3) is 5.69 Å². The van der Waals surface area contributed by atoms with Gasteiger partial charge >= 0.3 is 0 Å². The smallest absolute Gasteiger partial charge is 0.274 e. The van der Waals surface area contributed by atoms with Gasteiger partial charge in [-0.25, -0.2) is 4.98 Å². The molecular formula is C10H15N3O3S. The first kappa shape index (κ1) is 13.6. The lowest BCUT2D eigenvalue weighted by molar-refractivity contribution is -0.384. The zero-order valence-corrected chi connectivity index (χ0v) is 10.6. The summed E-state index contributed by atoms with van der Waals surface area (Å²) in [5.41, 5.74) is 0.00890. The van der Waals surface area contributed by atoms with Crippen LogP contribution in [0.4, 0.5) is 11.5 Å². The van der Waals surface area contributed by atoms with Crippen LogP contribution in [-0.2, 0) is 10.8 Å². The van der Waals surface area contributed by atoms with Gasteiger partial charge in [-0.3, -0.25) is 14.3 Å². The molecule has 1 aromatic heterocycles. The van der Waals surface area contributed by atoms with Crippen LogP contribution >= 0.6 is 0 Å². The number of anilines is 1. The molecule has 6 nitrogen and oxygen atoms in total. The number of hydrogen-bond acceptors (Lipinski definition) is 5. The summed E-state index contributed by atoms with van der Waals surface area (Å²) < 4.78 is 11.1. The van der Waals surface area contributed by atoms with Crippen LogP contribution in [0.15, 0.2) is 18.3 Å². The second-order valence-corrected chi connectivity index (χ2v) is 5.48. The fourth-order valence-electron chi connectivity index (χ4n) is 1.20. The van der Waals surface area contributed by atoms with Crippen LogP contribution in [0.1, 0.15) is 13.3 Å². The highest BCUT2D eigenvalue weighted by molar-refractivity contribution is 7.84. The first-order valence-electron chi connectivity index (χ1n) is 5.17. The number of nitro groups is 1. The number of hydrogen-bond donors (Lipinski definition) is 1. The highest BCUT2D eigenvalue weighted by atomic mass is 32.2. The SMILES string of the molecule is CC(CCNc1cc([N+](=O)[O-])ccn1)S(C)=O. The Labute approximate surface area is 102 Å². The third-order valence-electron chi connectivity index (χ3n) is 2.38. The highest BCUT2D eigenvalue weighted by Gasteiger charge is 2.08. The zero-order chi connectivity index (χ0) is 12.8. The Hall–Kier alpha value is -1.50. The second kappa shape index (κ2) is 6.29. The highest BCUT2D eigenvalue weighted by Crippen LogP contribution is 2.14. The van der Waals surface area contributed by atoms with Gasteiger partial charge in [0.1, 0.15) is 5.82 Å². The zero-order valence-electron chi connectivity index (χ0n) is 9.75. The minimum Gasteiger partial charge on any atom is -0.370 e. The van der Waals surface area contributed by atoms with Crippen molar-refractivity contribution in [2.75, 3.05) is 18.1 Å². The molecule has 0 spiro atoms. The number of pyridine rings is 1. The van der Waals surface area contributed by atoms with Crippen LogP contribution in [0.25, 0.3) is 0 Å². The molecule has 0 aliphatic heterocycles. The molecule has 0 saturated carbocycles. The van der Waals surface area contributed by atoms with Crippen LogP contribution in [0, 0.1) is 10.1 Å². The predicted octanol–water partition coefficient (Wildman–Crippen LogP) is 1.56. The standard InChI is InChI=1S/C10H15N3O3S/c1-8(17(2)16)3-5-11-10-7-9(13(14)15)4-6-12-10/h4,6-8H,3,5H2,1-2H3,(H,11,12). The molecule has 0 aromatic carbocycles. The fraction of sp³-hybridized carbons (Fsp3) is 0.500. The van der Waals surface area contributed by atoms with Gasteiger partial charge in [0, 0.05) is 41.1 Å². The van der Waals surface area contributed by atoms with E-state index in [1.54, 1.807) is 6.26 Å². The van der Waals surface area contributed by atoms with Crippen molar-refractivity contribution in [2.24, 2.45) is 0 Å². The van der Waals surface area contributed by atoms with Gasteiger partial charge in [-0.15, -0.1) is 0 Å². The lowest BCUT2D eigenvalue weighted by Crippen LogP contribution is -2.15. The van der Waals surface area contributed by atoms with Crippen LogP contribution in [0.2, 0.25) is 0 Å². The maximum absolute atomic E-state index is 11.1. The van der Waals surface area contributed by atoms with E-state index in [1.807, 2.05) is 6.92 Å². The van der Waals surface area contributed by atoms with Gasteiger partial charge in [0.05, 0.1) is 11.0 Å². The number of rotatable bonds is 6. The monoisotopic (exact) mass is 257 g/mol. The minimum absolute atomic E-state index is 0.00890. The summed E-state index contributed by atoms with van der Waals surface area (Å²) in [6.45, 7) is 2.49. The second-order valence-electron chi connectivity index (χ2n) is 3.68. The van der Waals surface area contributed by atoms with Gasteiger partial charge < -0.3 is 5.32 Å². The summed E-state index contributed by atoms with van der Waals surface area (Å²) in [5, 5.41) is 13.6. The van der Waals surface area contributed by atoms with Gasteiger partial charge in [0.2, 0.25) is 0 Å². The molecule has 0 amide bonds. The van der Waals surface area contributed by atoms with Crippen molar-refractivity contribution in [3.05, 3.63) is 28.4 Å². The van der Waals surface area contributed by atoms with Crippen molar-refractivity contribution in [3.8, 4) is 0 Å². The number of nitrogens with zero attached hydrogens (tertiary/aromatic N) is 2.